The molecule has 0 aromatic heterocycles. The van der Waals surface area contributed by atoms with E-state index >= 15 is 0 Å². The Hall–Kier alpha value is -1.65. The highest BCUT2D eigenvalue weighted by Crippen LogP contribution is 2.22. The highest BCUT2D eigenvalue weighted by Gasteiger charge is 2.21. The van der Waals surface area contributed by atoms with Gasteiger partial charge in [0.25, 0.3) is 0 Å². The van der Waals surface area contributed by atoms with E-state index in [1.165, 1.54) is 0 Å². The highest BCUT2D eigenvalue weighted by atomic mass is 32.2. The molecule has 1 atom stereocenters. The maximum Gasteiger partial charge on any atom is 0.181 e. The Balaban J connectivity index is 2.26. The van der Waals surface area contributed by atoms with Crippen LogP contribution in [0.25, 0.3) is 0 Å². The number of sulfone groups is 1. The van der Waals surface area contributed by atoms with E-state index in [9.17, 15) is 13.5 Å². The topological polar surface area (TPSA) is 54.4 Å². The summed E-state index contributed by atoms with van der Waals surface area (Å²) in [6.07, 6.45) is -1.02. The van der Waals surface area contributed by atoms with Gasteiger partial charge in [-0.3, -0.25) is 0 Å². The number of hydrogen-bond acceptors (Lipinski definition) is 3. The predicted molar refractivity (Wildman–Crippen MR) is 84.1 cm³/mol. The maximum atomic E-state index is 12.4. The van der Waals surface area contributed by atoms with E-state index in [1.54, 1.807) is 30.3 Å². The van der Waals surface area contributed by atoms with Crippen LogP contribution >= 0.6 is 0 Å². The van der Waals surface area contributed by atoms with Gasteiger partial charge in [0.1, 0.15) is 0 Å². The average Bonchev–Trinajstić information content (AvgIpc) is 2.41. The van der Waals surface area contributed by atoms with E-state index in [0.29, 0.717) is 5.56 Å². The van der Waals surface area contributed by atoms with Gasteiger partial charge in [-0.25, -0.2) is 8.42 Å². The SMILES string of the molecule is Cc1cccc(C(O)CS(=O)(=O)c2ccc(C)c(C)c2)c1. The van der Waals surface area contributed by atoms with E-state index in [4.69, 9.17) is 0 Å². The third-order valence-electron chi connectivity index (χ3n) is 3.64. The lowest BCUT2D eigenvalue weighted by molar-refractivity contribution is 0.201. The Morgan fingerprint density at radius 3 is 2.33 bits per heavy atom. The lowest BCUT2D eigenvalue weighted by Crippen LogP contribution is -2.15. The summed E-state index contributed by atoms with van der Waals surface area (Å²) in [5.74, 6) is -0.307. The van der Waals surface area contributed by atoms with Gasteiger partial charge in [-0.05, 0) is 49.6 Å². The zero-order valence-electron chi connectivity index (χ0n) is 12.5. The van der Waals surface area contributed by atoms with Crippen molar-refractivity contribution in [2.75, 3.05) is 5.75 Å². The molecule has 0 bridgehead atoms. The maximum absolute atomic E-state index is 12.4. The van der Waals surface area contributed by atoms with Crippen LogP contribution in [0.5, 0.6) is 0 Å². The second kappa shape index (κ2) is 6.00. The predicted octanol–water partition coefficient (Wildman–Crippen LogP) is 3.12. The van der Waals surface area contributed by atoms with Gasteiger partial charge in [-0.15, -0.1) is 0 Å². The van der Waals surface area contributed by atoms with Crippen molar-refractivity contribution in [3.63, 3.8) is 0 Å². The first-order valence-electron chi connectivity index (χ1n) is 6.84. The number of benzene rings is 2. The zero-order valence-corrected chi connectivity index (χ0v) is 13.3. The molecular formula is C17H20O3S. The normalized spacial score (nSPS) is 13.1. The number of hydrogen-bond donors (Lipinski definition) is 1. The molecule has 0 amide bonds. The Labute approximate surface area is 126 Å². The molecular weight excluding hydrogens is 284 g/mol. The van der Waals surface area contributed by atoms with Crippen molar-refractivity contribution in [1.82, 2.24) is 0 Å². The van der Waals surface area contributed by atoms with Gasteiger partial charge in [0.2, 0.25) is 0 Å². The third-order valence-corrected chi connectivity index (χ3v) is 5.37. The fourth-order valence-electron chi connectivity index (χ4n) is 2.19. The molecule has 2 rings (SSSR count). The molecule has 0 saturated carbocycles. The van der Waals surface area contributed by atoms with Gasteiger partial charge < -0.3 is 5.11 Å². The highest BCUT2D eigenvalue weighted by molar-refractivity contribution is 7.91. The molecule has 0 aliphatic carbocycles. The van der Waals surface area contributed by atoms with Gasteiger partial charge in [0, 0.05) is 0 Å². The summed E-state index contributed by atoms with van der Waals surface area (Å²) in [6.45, 7) is 5.73. The third kappa shape index (κ3) is 3.71. The fraction of sp³-hybridized carbons (Fsp3) is 0.294. The average molecular weight is 304 g/mol. The summed E-state index contributed by atoms with van der Waals surface area (Å²) in [7, 11) is -3.51. The van der Waals surface area contributed by atoms with Crippen molar-refractivity contribution in [2.24, 2.45) is 0 Å². The molecule has 1 N–H and O–H groups in total. The van der Waals surface area contributed by atoms with Crippen LogP contribution in [0.2, 0.25) is 0 Å². The number of aliphatic hydroxyl groups excluding tert-OH is 1. The first-order chi connectivity index (χ1) is 9.79. The van der Waals surface area contributed by atoms with Gasteiger partial charge in [0.15, 0.2) is 9.84 Å². The summed E-state index contributed by atoms with van der Waals surface area (Å²) >= 11 is 0. The molecule has 0 saturated heterocycles. The number of aryl methyl sites for hydroxylation is 3. The van der Waals surface area contributed by atoms with Crippen molar-refractivity contribution in [3.05, 3.63) is 64.7 Å². The molecule has 112 valence electrons. The minimum absolute atomic E-state index is 0.261. The quantitative estimate of drug-likeness (QED) is 0.944. The summed E-state index contributed by atoms with van der Waals surface area (Å²) in [5.41, 5.74) is 3.60. The monoisotopic (exact) mass is 304 g/mol. The Morgan fingerprint density at radius 1 is 1.00 bits per heavy atom. The van der Waals surface area contributed by atoms with Crippen LogP contribution in [0.3, 0.4) is 0 Å². The lowest BCUT2D eigenvalue weighted by Gasteiger charge is -2.13. The summed E-state index contributed by atoms with van der Waals surface area (Å²) in [6, 6.07) is 12.3. The van der Waals surface area contributed by atoms with Crippen molar-refractivity contribution in [2.45, 2.75) is 31.8 Å². The first kappa shape index (κ1) is 15.7. The van der Waals surface area contributed by atoms with Crippen molar-refractivity contribution in [1.29, 1.82) is 0 Å². The number of aliphatic hydroxyl groups is 1. The molecule has 21 heavy (non-hydrogen) atoms. The molecule has 0 aliphatic rings. The zero-order chi connectivity index (χ0) is 15.6. The molecule has 2 aromatic rings. The van der Waals surface area contributed by atoms with Crippen molar-refractivity contribution < 1.29 is 13.5 Å². The molecule has 0 aliphatic heterocycles. The minimum atomic E-state index is -3.51. The van der Waals surface area contributed by atoms with Gasteiger partial charge in [-0.1, -0.05) is 35.9 Å². The molecule has 0 radical (unpaired) electrons. The second-order valence-electron chi connectivity index (χ2n) is 5.46. The van der Waals surface area contributed by atoms with E-state index in [1.807, 2.05) is 32.9 Å². The van der Waals surface area contributed by atoms with Crippen LogP contribution in [0.4, 0.5) is 0 Å². The van der Waals surface area contributed by atoms with E-state index in [0.717, 1.165) is 16.7 Å². The van der Waals surface area contributed by atoms with E-state index < -0.39 is 15.9 Å². The van der Waals surface area contributed by atoms with Gasteiger partial charge >= 0.3 is 0 Å². The van der Waals surface area contributed by atoms with E-state index in [-0.39, 0.29) is 10.6 Å². The van der Waals surface area contributed by atoms with Gasteiger partial charge in [0.05, 0.1) is 16.8 Å². The van der Waals surface area contributed by atoms with Crippen LogP contribution < -0.4 is 0 Å². The lowest BCUT2D eigenvalue weighted by atomic mass is 10.1. The molecule has 1 unspecified atom stereocenters. The van der Waals surface area contributed by atoms with Crippen LogP contribution in [0.15, 0.2) is 47.4 Å². The molecule has 2 aromatic carbocycles. The smallest absolute Gasteiger partial charge is 0.181 e. The Morgan fingerprint density at radius 2 is 1.71 bits per heavy atom. The molecule has 4 heteroatoms. The number of rotatable bonds is 4. The van der Waals surface area contributed by atoms with Crippen LogP contribution in [-0.2, 0) is 9.84 Å². The molecule has 0 spiro atoms. The second-order valence-corrected chi connectivity index (χ2v) is 7.49. The summed E-state index contributed by atoms with van der Waals surface area (Å²) in [5, 5.41) is 10.2. The van der Waals surface area contributed by atoms with Crippen LogP contribution in [0, 0.1) is 20.8 Å². The van der Waals surface area contributed by atoms with Crippen molar-refractivity contribution >= 4 is 9.84 Å². The van der Waals surface area contributed by atoms with Gasteiger partial charge in [-0.2, -0.15) is 0 Å². The Bertz CT molecular complexity index is 748. The first-order valence-corrected chi connectivity index (χ1v) is 8.49. The summed E-state index contributed by atoms with van der Waals surface area (Å²) < 4.78 is 24.8. The van der Waals surface area contributed by atoms with Crippen molar-refractivity contribution in [3.8, 4) is 0 Å². The summed E-state index contributed by atoms with van der Waals surface area (Å²) in [4.78, 5) is 0.261. The standard InChI is InChI=1S/C17H20O3S/c1-12-5-4-6-15(9-12)17(18)11-21(19,20)16-8-7-13(2)14(3)10-16/h4-10,17-18H,11H2,1-3H3. The fourth-order valence-corrected chi connectivity index (χ4v) is 3.62. The largest absolute Gasteiger partial charge is 0.387 e. The van der Waals surface area contributed by atoms with Crippen LogP contribution in [-0.4, -0.2) is 19.3 Å². The minimum Gasteiger partial charge on any atom is -0.387 e. The molecule has 3 nitrogen and oxygen atoms in total. The Kier molecular flexibility index (Phi) is 4.49. The molecule has 0 fully saturated rings. The van der Waals surface area contributed by atoms with Crippen LogP contribution in [0.1, 0.15) is 28.4 Å². The van der Waals surface area contributed by atoms with E-state index in [2.05, 4.69) is 0 Å². The molecule has 0 heterocycles.